The zero-order valence-electron chi connectivity index (χ0n) is 7.62. The standard InChI is InChI=1S/C9H15NO3/c11-7-13-6-10-9(12)8-4-2-1-3-5-8/h7-8H,1-6H2,(H,10,12). The highest BCUT2D eigenvalue weighted by molar-refractivity contribution is 5.78. The Balaban J connectivity index is 2.17. The summed E-state index contributed by atoms with van der Waals surface area (Å²) in [6.07, 6.45) is 5.42. The van der Waals surface area contributed by atoms with Crippen LogP contribution in [0.5, 0.6) is 0 Å². The van der Waals surface area contributed by atoms with Gasteiger partial charge in [-0.2, -0.15) is 0 Å². The fourth-order valence-electron chi connectivity index (χ4n) is 1.66. The molecule has 0 heterocycles. The fraction of sp³-hybridized carbons (Fsp3) is 0.778. The van der Waals surface area contributed by atoms with Crippen molar-refractivity contribution in [2.45, 2.75) is 32.1 Å². The third-order valence-corrected chi connectivity index (χ3v) is 2.37. The molecule has 0 unspecified atom stereocenters. The Bertz CT molecular complexity index is 176. The maximum Gasteiger partial charge on any atom is 0.294 e. The molecule has 1 saturated carbocycles. The molecule has 1 fully saturated rings. The molecule has 74 valence electrons. The molecular weight excluding hydrogens is 170 g/mol. The van der Waals surface area contributed by atoms with E-state index in [0.29, 0.717) is 6.47 Å². The molecule has 0 aromatic rings. The van der Waals surface area contributed by atoms with Crippen LogP contribution in [0.25, 0.3) is 0 Å². The van der Waals surface area contributed by atoms with Gasteiger partial charge in [-0.25, -0.2) is 0 Å². The van der Waals surface area contributed by atoms with E-state index < -0.39 is 0 Å². The first-order valence-corrected chi connectivity index (χ1v) is 4.67. The van der Waals surface area contributed by atoms with Gasteiger partial charge in [0.2, 0.25) is 5.91 Å². The molecule has 0 aromatic heterocycles. The average molecular weight is 185 g/mol. The highest BCUT2D eigenvalue weighted by atomic mass is 16.5. The summed E-state index contributed by atoms with van der Waals surface area (Å²) in [7, 11) is 0. The molecule has 0 atom stereocenters. The number of ether oxygens (including phenoxy) is 1. The molecule has 0 bridgehead atoms. The average Bonchev–Trinajstić information content (AvgIpc) is 2.19. The van der Waals surface area contributed by atoms with E-state index in [4.69, 9.17) is 0 Å². The van der Waals surface area contributed by atoms with Gasteiger partial charge in [-0.15, -0.1) is 0 Å². The maximum absolute atomic E-state index is 11.4. The lowest BCUT2D eigenvalue weighted by molar-refractivity contribution is -0.133. The van der Waals surface area contributed by atoms with Gasteiger partial charge in [-0.1, -0.05) is 19.3 Å². The van der Waals surface area contributed by atoms with E-state index in [1.54, 1.807) is 0 Å². The van der Waals surface area contributed by atoms with Crippen LogP contribution in [0, 0.1) is 5.92 Å². The minimum absolute atomic E-state index is 0.00116. The summed E-state index contributed by atoms with van der Waals surface area (Å²) in [5.74, 6) is 0.144. The van der Waals surface area contributed by atoms with Gasteiger partial charge in [-0.05, 0) is 12.8 Å². The SMILES string of the molecule is O=COCNC(=O)C1CCCCC1. The molecule has 0 spiro atoms. The summed E-state index contributed by atoms with van der Waals surface area (Å²) < 4.78 is 4.38. The van der Waals surface area contributed by atoms with Crippen molar-refractivity contribution in [3.63, 3.8) is 0 Å². The topological polar surface area (TPSA) is 55.4 Å². The highest BCUT2D eigenvalue weighted by Crippen LogP contribution is 2.23. The number of carbonyl (C=O) groups is 2. The second-order valence-corrected chi connectivity index (χ2v) is 3.28. The van der Waals surface area contributed by atoms with E-state index in [2.05, 4.69) is 10.1 Å². The summed E-state index contributed by atoms with van der Waals surface area (Å²) >= 11 is 0. The summed E-state index contributed by atoms with van der Waals surface area (Å²) in [5, 5.41) is 2.56. The summed E-state index contributed by atoms with van der Waals surface area (Å²) in [6.45, 7) is 0.333. The van der Waals surface area contributed by atoms with E-state index >= 15 is 0 Å². The van der Waals surface area contributed by atoms with Gasteiger partial charge in [0.15, 0.2) is 6.73 Å². The lowest BCUT2D eigenvalue weighted by Gasteiger charge is -2.20. The van der Waals surface area contributed by atoms with E-state index in [1.807, 2.05) is 0 Å². The smallest absolute Gasteiger partial charge is 0.294 e. The van der Waals surface area contributed by atoms with Crippen molar-refractivity contribution in [2.24, 2.45) is 5.92 Å². The van der Waals surface area contributed by atoms with Crippen LogP contribution in [0.2, 0.25) is 0 Å². The Kier molecular flexibility index (Phi) is 4.29. The first-order chi connectivity index (χ1) is 6.34. The normalized spacial score (nSPS) is 17.8. The number of amides is 1. The van der Waals surface area contributed by atoms with Crippen molar-refractivity contribution in [1.82, 2.24) is 5.32 Å². The van der Waals surface area contributed by atoms with E-state index in [-0.39, 0.29) is 18.6 Å². The Morgan fingerprint density at radius 2 is 2.08 bits per heavy atom. The second kappa shape index (κ2) is 5.56. The van der Waals surface area contributed by atoms with Crippen LogP contribution < -0.4 is 5.32 Å². The molecule has 0 saturated heterocycles. The van der Waals surface area contributed by atoms with Gasteiger partial charge >= 0.3 is 0 Å². The van der Waals surface area contributed by atoms with Crippen LogP contribution in [0.3, 0.4) is 0 Å². The zero-order chi connectivity index (χ0) is 9.52. The Hall–Kier alpha value is -1.06. The first-order valence-electron chi connectivity index (χ1n) is 4.67. The molecule has 1 aliphatic carbocycles. The van der Waals surface area contributed by atoms with E-state index in [0.717, 1.165) is 25.7 Å². The molecule has 1 amide bonds. The van der Waals surface area contributed by atoms with Crippen LogP contribution in [-0.4, -0.2) is 19.1 Å². The number of hydrogen-bond acceptors (Lipinski definition) is 3. The fourth-order valence-corrected chi connectivity index (χ4v) is 1.66. The Morgan fingerprint density at radius 1 is 1.38 bits per heavy atom. The van der Waals surface area contributed by atoms with Crippen molar-refractivity contribution in [3.8, 4) is 0 Å². The summed E-state index contributed by atoms with van der Waals surface area (Å²) in [5.41, 5.74) is 0. The summed E-state index contributed by atoms with van der Waals surface area (Å²) in [4.78, 5) is 21.2. The molecule has 1 N–H and O–H groups in total. The molecule has 0 aliphatic heterocycles. The van der Waals surface area contributed by atoms with Crippen LogP contribution in [0.15, 0.2) is 0 Å². The Labute approximate surface area is 77.6 Å². The largest absolute Gasteiger partial charge is 0.447 e. The molecule has 4 heteroatoms. The minimum atomic E-state index is -0.00116. The predicted molar refractivity (Wildman–Crippen MR) is 46.7 cm³/mol. The molecule has 1 aliphatic rings. The molecule has 1 rings (SSSR count). The van der Waals surface area contributed by atoms with Crippen LogP contribution in [0.1, 0.15) is 32.1 Å². The zero-order valence-corrected chi connectivity index (χ0v) is 7.62. The van der Waals surface area contributed by atoms with Crippen LogP contribution in [0.4, 0.5) is 0 Å². The number of rotatable bonds is 4. The van der Waals surface area contributed by atoms with Gasteiger partial charge in [0.1, 0.15) is 0 Å². The van der Waals surface area contributed by atoms with E-state index in [1.165, 1.54) is 6.42 Å². The predicted octanol–water partition coefficient (Wildman–Crippen LogP) is 0.813. The lowest BCUT2D eigenvalue weighted by atomic mass is 9.89. The molecule has 4 nitrogen and oxygen atoms in total. The van der Waals surface area contributed by atoms with Gasteiger partial charge in [0, 0.05) is 5.92 Å². The van der Waals surface area contributed by atoms with Crippen molar-refractivity contribution in [1.29, 1.82) is 0 Å². The first kappa shape index (κ1) is 10.0. The maximum atomic E-state index is 11.4. The lowest BCUT2D eigenvalue weighted by Crippen LogP contribution is -2.33. The quantitative estimate of drug-likeness (QED) is 0.400. The second-order valence-electron chi connectivity index (χ2n) is 3.28. The molecule has 13 heavy (non-hydrogen) atoms. The Morgan fingerprint density at radius 3 is 2.69 bits per heavy atom. The monoisotopic (exact) mass is 185 g/mol. The third kappa shape index (κ3) is 3.44. The van der Waals surface area contributed by atoms with Gasteiger partial charge < -0.3 is 10.1 Å². The van der Waals surface area contributed by atoms with E-state index in [9.17, 15) is 9.59 Å². The number of nitrogens with one attached hydrogen (secondary N) is 1. The molecule has 0 radical (unpaired) electrons. The van der Waals surface area contributed by atoms with Gasteiger partial charge in [-0.3, -0.25) is 9.59 Å². The van der Waals surface area contributed by atoms with Crippen molar-refractivity contribution in [2.75, 3.05) is 6.73 Å². The summed E-state index contributed by atoms with van der Waals surface area (Å²) in [6, 6.07) is 0. The third-order valence-electron chi connectivity index (χ3n) is 2.37. The van der Waals surface area contributed by atoms with Crippen LogP contribution in [-0.2, 0) is 14.3 Å². The number of hydrogen-bond donors (Lipinski definition) is 1. The minimum Gasteiger partial charge on any atom is -0.447 e. The van der Waals surface area contributed by atoms with Crippen molar-refractivity contribution >= 4 is 12.4 Å². The van der Waals surface area contributed by atoms with Gasteiger partial charge in [0.05, 0.1) is 0 Å². The number of carbonyl (C=O) groups excluding carboxylic acids is 2. The molecular formula is C9H15NO3. The van der Waals surface area contributed by atoms with Crippen molar-refractivity contribution in [3.05, 3.63) is 0 Å². The van der Waals surface area contributed by atoms with Crippen molar-refractivity contribution < 1.29 is 14.3 Å². The molecule has 0 aromatic carbocycles. The highest BCUT2D eigenvalue weighted by Gasteiger charge is 2.20. The van der Waals surface area contributed by atoms with Gasteiger partial charge in [0.25, 0.3) is 6.47 Å². The van der Waals surface area contributed by atoms with Crippen LogP contribution >= 0.6 is 0 Å².